The molecule has 0 aromatic rings. The van der Waals surface area contributed by atoms with Gasteiger partial charge in [-0.05, 0) is 59.2 Å². The summed E-state index contributed by atoms with van der Waals surface area (Å²) in [6.45, 7) is 10.7. The molecule has 0 amide bonds. The number of rotatable bonds is 6. The van der Waals surface area contributed by atoms with Crippen LogP contribution in [0.15, 0.2) is 0 Å². The minimum absolute atomic E-state index is 0.623. The van der Waals surface area contributed by atoms with E-state index >= 15 is 0 Å². The van der Waals surface area contributed by atoms with Crippen LogP contribution in [-0.4, -0.2) is 60.6 Å². The Morgan fingerprint density at radius 3 is 2.58 bits per heavy atom. The quantitative estimate of drug-likeness (QED) is 0.745. The van der Waals surface area contributed by atoms with Gasteiger partial charge >= 0.3 is 0 Å². The van der Waals surface area contributed by atoms with Gasteiger partial charge in [0.05, 0.1) is 0 Å². The zero-order chi connectivity index (χ0) is 13.8. The minimum Gasteiger partial charge on any atom is -0.315 e. The van der Waals surface area contributed by atoms with Crippen LogP contribution in [0.2, 0.25) is 0 Å². The number of hydrogen-bond donors (Lipinski definition) is 1. The van der Waals surface area contributed by atoms with Crippen LogP contribution >= 0.6 is 0 Å². The Labute approximate surface area is 119 Å². The number of fused-ring (bicyclic) bond motifs is 2. The van der Waals surface area contributed by atoms with E-state index in [0.29, 0.717) is 6.04 Å². The molecule has 2 rings (SSSR count). The molecule has 2 bridgehead atoms. The van der Waals surface area contributed by atoms with Crippen molar-refractivity contribution in [1.29, 1.82) is 0 Å². The molecule has 0 aliphatic carbocycles. The molecule has 112 valence electrons. The standard InChI is InChI=1S/C16H33N3/c1-13(2)17-10-5-6-14(3)19-11-9-15-7-8-16(12-19)18(15)4/h13-17H,5-12H2,1-4H3. The summed E-state index contributed by atoms with van der Waals surface area (Å²) >= 11 is 0. The van der Waals surface area contributed by atoms with Crippen LogP contribution < -0.4 is 5.32 Å². The molecule has 0 saturated carbocycles. The zero-order valence-corrected chi connectivity index (χ0v) is 13.4. The molecule has 19 heavy (non-hydrogen) atoms. The maximum absolute atomic E-state index is 3.52. The molecule has 2 heterocycles. The molecule has 0 spiro atoms. The lowest BCUT2D eigenvalue weighted by Gasteiger charge is -2.31. The number of likely N-dealkylation sites (N-methyl/N-ethyl adjacent to an activating group) is 1. The third-order valence-corrected chi connectivity index (χ3v) is 5.15. The Morgan fingerprint density at radius 1 is 1.11 bits per heavy atom. The first kappa shape index (κ1) is 15.3. The monoisotopic (exact) mass is 267 g/mol. The summed E-state index contributed by atoms with van der Waals surface area (Å²) in [5.41, 5.74) is 0. The van der Waals surface area contributed by atoms with Crippen molar-refractivity contribution in [3.8, 4) is 0 Å². The van der Waals surface area contributed by atoms with Crippen molar-refractivity contribution < 1.29 is 0 Å². The van der Waals surface area contributed by atoms with Crippen LogP contribution in [0.3, 0.4) is 0 Å². The summed E-state index contributed by atoms with van der Waals surface area (Å²) in [4.78, 5) is 5.39. The first-order valence-electron chi connectivity index (χ1n) is 8.27. The second-order valence-corrected chi connectivity index (χ2v) is 6.93. The van der Waals surface area contributed by atoms with Gasteiger partial charge in [0, 0.05) is 30.7 Å². The molecule has 0 aromatic carbocycles. The molecule has 0 radical (unpaired) electrons. The lowest BCUT2D eigenvalue weighted by Crippen LogP contribution is -2.41. The van der Waals surface area contributed by atoms with Crippen molar-refractivity contribution in [2.24, 2.45) is 0 Å². The largest absolute Gasteiger partial charge is 0.315 e. The van der Waals surface area contributed by atoms with Crippen molar-refractivity contribution in [1.82, 2.24) is 15.1 Å². The second-order valence-electron chi connectivity index (χ2n) is 6.93. The predicted molar refractivity (Wildman–Crippen MR) is 82.6 cm³/mol. The van der Waals surface area contributed by atoms with E-state index in [1.165, 1.54) is 51.7 Å². The van der Waals surface area contributed by atoms with Crippen molar-refractivity contribution in [2.45, 2.75) is 77.0 Å². The van der Waals surface area contributed by atoms with Gasteiger partial charge in [-0.1, -0.05) is 13.8 Å². The van der Waals surface area contributed by atoms with Gasteiger partial charge in [-0.25, -0.2) is 0 Å². The van der Waals surface area contributed by atoms with Gasteiger partial charge in [0.1, 0.15) is 0 Å². The van der Waals surface area contributed by atoms with Gasteiger partial charge in [0.2, 0.25) is 0 Å². The summed E-state index contributed by atoms with van der Waals surface area (Å²) in [6, 6.07) is 3.06. The number of nitrogens with zero attached hydrogens (tertiary/aromatic N) is 2. The van der Waals surface area contributed by atoms with E-state index in [4.69, 9.17) is 0 Å². The summed E-state index contributed by atoms with van der Waals surface area (Å²) in [6.07, 6.45) is 6.86. The van der Waals surface area contributed by atoms with E-state index in [0.717, 1.165) is 18.1 Å². The molecule has 2 aliphatic rings. The third-order valence-electron chi connectivity index (χ3n) is 5.15. The molecule has 3 unspecified atom stereocenters. The lowest BCUT2D eigenvalue weighted by molar-refractivity contribution is 0.172. The first-order valence-corrected chi connectivity index (χ1v) is 8.27. The fraction of sp³-hybridized carbons (Fsp3) is 1.00. The predicted octanol–water partition coefficient (Wildman–Crippen LogP) is 2.32. The van der Waals surface area contributed by atoms with Crippen LogP contribution in [-0.2, 0) is 0 Å². The molecular weight excluding hydrogens is 234 g/mol. The fourth-order valence-electron chi connectivity index (χ4n) is 3.71. The van der Waals surface area contributed by atoms with E-state index in [1.807, 2.05) is 0 Å². The molecule has 1 N–H and O–H groups in total. The maximum Gasteiger partial charge on any atom is 0.0223 e. The molecule has 3 atom stereocenters. The number of likely N-dealkylation sites (tertiary alicyclic amines) is 1. The Morgan fingerprint density at radius 2 is 1.84 bits per heavy atom. The topological polar surface area (TPSA) is 18.5 Å². The minimum atomic E-state index is 0.623. The normalized spacial score (nSPS) is 30.8. The van der Waals surface area contributed by atoms with Gasteiger partial charge in [0.25, 0.3) is 0 Å². The highest BCUT2D eigenvalue weighted by Crippen LogP contribution is 2.29. The maximum atomic E-state index is 3.52. The summed E-state index contributed by atoms with van der Waals surface area (Å²) in [5, 5.41) is 3.52. The fourth-order valence-corrected chi connectivity index (χ4v) is 3.71. The highest BCUT2D eigenvalue weighted by molar-refractivity contribution is 4.92. The molecule has 2 saturated heterocycles. The molecule has 2 fully saturated rings. The average molecular weight is 267 g/mol. The number of nitrogens with one attached hydrogen (secondary N) is 1. The van der Waals surface area contributed by atoms with Crippen molar-refractivity contribution in [3.63, 3.8) is 0 Å². The summed E-state index contributed by atoms with van der Waals surface area (Å²) in [5.74, 6) is 0. The van der Waals surface area contributed by atoms with Crippen molar-refractivity contribution >= 4 is 0 Å². The van der Waals surface area contributed by atoms with Crippen molar-refractivity contribution in [2.75, 3.05) is 26.7 Å². The van der Waals surface area contributed by atoms with E-state index in [-0.39, 0.29) is 0 Å². The van der Waals surface area contributed by atoms with Crippen LogP contribution in [0.1, 0.15) is 52.9 Å². The van der Waals surface area contributed by atoms with Crippen LogP contribution in [0.4, 0.5) is 0 Å². The number of hydrogen-bond acceptors (Lipinski definition) is 3. The molecular formula is C16H33N3. The Kier molecular flexibility index (Phi) is 5.67. The average Bonchev–Trinajstić information content (AvgIpc) is 2.58. The smallest absolute Gasteiger partial charge is 0.0223 e. The van der Waals surface area contributed by atoms with Crippen molar-refractivity contribution in [3.05, 3.63) is 0 Å². The molecule has 3 nitrogen and oxygen atoms in total. The molecule has 3 heteroatoms. The van der Waals surface area contributed by atoms with Gasteiger partial charge in [-0.15, -0.1) is 0 Å². The summed E-state index contributed by atoms with van der Waals surface area (Å²) < 4.78 is 0. The zero-order valence-electron chi connectivity index (χ0n) is 13.4. The second kappa shape index (κ2) is 7.05. The van der Waals surface area contributed by atoms with Gasteiger partial charge in [-0.3, -0.25) is 9.80 Å². The molecule has 0 aromatic heterocycles. The highest BCUT2D eigenvalue weighted by atomic mass is 15.3. The first-order chi connectivity index (χ1) is 9.08. The van der Waals surface area contributed by atoms with E-state index in [1.54, 1.807) is 0 Å². The Balaban J connectivity index is 1.72. The van der Waals surface area contributed by atoms with E-state index in [9.17, 15) is 0 Å². The van der Waals surface area contributed by atoms with Gasteiger partial charge in [-0.2, -0.15) is 0 Å². The van der Waals surface area contributed by atoms with E-state index < -0.39 is 0 Å². The van der Waals surface area contributed by atoms with Crippen LogP contribution in [0.25, 0.3) is 0 Å². The summed E-state index contributed by atoms with van der Waals surface area (Å²) in [7, 11) is 2.34. The van der Waals surface area contributed by atoms with Crippen LogP contribution in [0, 0.1) is 0 Å². The molecule has 2 aliphatic heterocycles. The SMILES string of the molecule is CC(C)NCCCC(C)N1CCC2CCC(C1)N2C. The Bertz CT molecular complexity index is 267. The van der Waals surface area contributed by atoms with Gasteiger partial charge < -0.3 is 5.32 Å². The highest BCUT2D eigenvalue weighted by Gasteiger charge is 2.35. The third kappa shape index (κ3) is 4.17. The van der Waals surface area contributed by atoms with E-state index in [2.05, 4.69) is 42.9 Å². The lowest BCUT2D eigenvalue weighted by atomic mass is 10.1. The Hall–Kier alpha value is -0.120. The van der Waals surface area contributed by atoms with Crippen LogP contribution in [0.5, 0.6) is 0 Å². The van der Waals surface area contributed by atoms with Gasteiger partial charge in [0.15, 0.2) is 0 Å².